The molecule has 0 radical (unpaired) electrons. The van der Waals surface area contributed by atoms with E-state index in [1.807, 2.05) is 0 Å². The van der Waals surface area contributed by atoms with Crippen molar-refractivity contribution >= 4 is 5.71 Å². The maximum Gasteiger partial charge on any atom is 0.280 e. The summed E-state index contributed by atoms with van der Waals surface area (Å²) < 4.78 is 28.8. The Bertz CT molecular complexity index is 214. The number of ether oxygens (including phenoxy) is 1. The normalized spacial score (nSPS) is 14.2. The zero-order valence-electron chi connectivity index (χ0n) is 7.24. The molecular weight excluding hydrogens is 184 g/mol. The second-order valence-corrected chi connectivity index (χ2v) is 2.09. The van der Waals surface area contributed by atoms with Gasteiger partial charge in [-0.15, -0.1) is 0 Å². The molecule has 6 heteroatoms. The highest BCUT2D eigenvalue weighted by Crippen LogP contribution is 2.10. The van der Waals surface area contributed by atoms with Gasteiger partial charge >= 0.3 is 0 Å². The topological polar surface area (TPSA) is 62.0 Å². The van der Waals surface area contributed by atoms with Crippen LogP contribution in [0.25, 0.3) is 0 Å². The summed E-state index contributed by atoms with van der Waals surface area (Å²) in [5.41, 5.74) is -1.14. The molecule has 0 aliphatic carbocycles. The molecule has 4 nitrogen and oxygen atoms in total. The van der Waals surface area contributed by atoms with E-state index in [2.05, 4.69) is 9.73 Å². The molecule has 0 bridgehead atoms. The average molecular weight is 195 g/mol. The standard InChI is InChI=1S/C7H11F2NO3/c1-10-5(6(8)9)4(3-13-2)7(11)12/h3,6-7,11-12H,1-2H3/b4-3-,10-5-. The fourth-order valence-electron chi connectivity index (χ4n) is 0.733. The van der Waals surface area contributed by atoms with Gasteiger partial charge in [-0.1, -0.05) is 0 Å². The SMILES string of the molecule is C/N=C(/C(=C/OC)C(O)O)C(F)F. The minimum atomic E-state index is -2.87. The van der Waals surface area contributed by atoms with Crippen LogP contribution >= 0.6 is 0 Å². The first-order chi connectivity index (χ1) is 6.04. The number of halogens is 2. The highest BCUT2D eigenvalue weighted by Gasteiger charge is 2.22. The van der Waals surface area contributed by atoms with Crippen molar-refractivity contribution < 1.29 is 23.7 Å². The number of aliphatic hydroxyl groups excluding tert-OH is 1. The summed E-state index contributed by atoms with van der Waals surface area (Å²) in [6, 6.07) is 0. The number of hydrogen-bond donors (Lipinski definition) is 2. The molecule has 0 rings (SSSR count). The first kappa shape index (κ1) is 12.0. The van der Waals surface area contributed by atoms with Crippen molar-refractivity contribution in [3.63, 3.8) is 0 Å². The van der Waals surface area contributed by atoms with Crippen LogP contribution in [0.15, 0.2) is 16.8 Å². The monoisotopic (exact) mass is 195 g/mol. The molecule has 13 heavy (non-hydrogen) atoms. The number of rotatable bonds is 4. The predicted octanol–water partition coefficient (Wildman–Crippen LogP) is 0.163. The third kappa shape index (κ3) is 3.47. The summed E-state index contributed by atoms with van der Waals surface area (Å²) in [5.74, 6) is 0. The lowest BCUT2D eigenvalue weighted by Crippen LogP contribution is -2.23. The van der Waals surface area contributed by atoms with E-state index in [9.17, 15) is 8.78 Å². The zero-order chi connectivity index (χ0) is 10.4. The lowest BCUT2D eigenvalue weighted by molar-refractivity contribution is -0.00615. The largest absolute Gasteiger partial charge is 0.504 e. The average Bonchev–Trinajstić information content (AvgIpc) is 2.03. The highest BCUT2D eigenvalue weighted by molar-refractivity contribution is 6.02. The van der Waals surface area contributed by atoms with Gasteiger partial charge in [0.25, 0.3) is 6.43 Å². The summed E-state index contributed by atoms with van der Waals surface area (Å²) in [7, 11) is 2.34. The fraction of sp³-hybridized carbons (Fsp3) is 0.571. The van der Waals surface area contributed by atoms with E-state index in [-0.39, 0.29) is 0 Å². The molecule has 0 spiro atoms. The molecule has 0 aromatic carbocycles. The van der Waals surface area contributed by atoms with Gasteiger partial charge in [0, 0.05) is 7.05 Å². The van der Waals surface area contributed by atoms with Crippen LogP contribution in [-0.4, -0.2) is 42.8 Å². The van der Waals surface area contributed by atoms with Gasteiger partial charge in [-0.3, -0.25) is 4.99 Å². The zero-order valence-corrected chi connectivity index (χ0v) is 7.24. The molecular formula is C7H11F2NO3. The minimum absolute atomic E-state index is 0.444. The van der Waals surface area contributed by atoms with Gasteiger partial charge in [-0.05, 0) is 0 Å². The van der Waals surface area contributed by atoms with Gasteiger partial charge in [0.05, 0.1) is 18.9 Å². The molecule has 0 unspecified atom stereocenters. The molecule has 0 fully saturated rings. The number of nitrogens with zero attached hydrogens (tertiary/aromatic N) is 1. The summed E-state index contributed by atoms with van der Waals surface area (Å²) in [6.45, 7) is 0. The Kier molecular flexibility index (Phi) is 5.17. The van der Waals surface area contributed by atoms with Crippen LogP contribution in [-0.2, 0) is 4.74 Å². The lowest BCUT2D eigenvalue weighted by atomic mass is 10.1. The second-order valence-electron chi connectivity index (χ2n) is 2.09. The van der Waals surface area contributed by atoms with Gasteiger partial charge in [0.1, 0.15) is 5.71 Å². The van der Waals surface area contributed by atoms with Gasteiger partial charge < -0.3 is 14.9 Å². The molecule has 2 N–H and O–H groups in total. The molecule has 0 aromatic heterocycles. The van der Waals surface area contributed by atoms with Crippen LogP contribution in [0, 0.1) is 0 Å². The van der Waals surface area contributed by atoms with E-state index in [1.54, 1.807) is 0 Å². The molecule has 0 amide bonds. The van der Waals surface area contributed by atoms with Crippen molar-refractivity contribution in [3.05, 3.63) is 11.8 Å². The van der Waals surface area contributed by atoms with E-state index in [1.165, 1.54) is 7.11 Å². The van der Waals surface area contributed by atoms with Gasteiger partial charge in [-0.2, -0.15) is 0 Å². The summed E-state index contributed by atoms with van der Waals surface area (Å²) in [4.78, 5) is 3.23. The van der Waals surface area contributed by atoms with Crippen molar-refractivity contribution in [1.29, 1.82) is 0 Å². The molecule has 76 valence electrons. The van der Waals surface area contributed by atoms with Crippen LogP contribution in [0.3, 0.4) is 0 Å². The molecule has 0 heterocycles. The Morgan fingerprint density at radius 3 is 2.23 bits per heavy atom. The lowest BCUT2D eigenvalue weighted by Gasteiger charge is -2.10. The second kappa shape index (κ2) is 5.60. The van der Waals surface area contributed by atoms with Crippen LogP contribution in [0.1, 0.15) is 0 Å². The van der Waals surface area contributed by atoms with Crippen LogP contribution < -0.4 is 0 Å². The minimum Gasteiger partial charge on any atom is -0.504 e. The van der Waals surface area contributed by atoms with E-state index in [4.69, 9.17) is 10.2 Å². The van der Waals surface area contributed by atoms with E-state index in [0.29, 0.717) is 0 Å². The molecule has 0 saturated heterocycles. The third-order valence-electron chi connectivity index (χ3n) is 1.27. The smallest absolute Gasteiger partial charge is 0.280 e. The number of aliphatic hydroxyl groups is 2. The molecule has 0 saturated carbocycles. The van der Waals surface area contributed by atoms with Gasteiger partial charge in [0.2, 0.25) is 0 Å². The summed E-state index contributed by atoms with van der Waals surface area (Å²) >= 11 is 0. The van der Waals surface area contributed by atoms with Crippen LogP contribution in [0.5, 0.6) is 0 Å². The number of hydrogen-bond acceptors (Lipinski definition) is 4. The van der Waals surface area contributed by atoms with E-state index < -0.39 is 24.0 Å². The Hall–Kier alpha value is -1.01. The third-order valence-corrected chi connectivity index (χ3v) is 1.27. The molecule has 0 aliphatic rings. The first-order valence-corrected chi connectivity index (χ1v) is 3.38. The number of aliphatic imine (C=N–C) groups is 1. The fourth-order valence-corrected chi connectivity index (χ4v) is 0.733. The van der Waals surface area contributed by atoms with Crippen molar-refractivity contribution in [2.24, 2.45) is 4.99 Å². The summed E-state index contributed by atoms with van der Waals surface area (Å²) in [6.07, 6.45) is -4.07. The Balaban J connectivity index is 4.83. The van der Waals surface area contributed by atoms with Crippen molar-refractivity contribution in [2.45, 2.75) is 12.7 Å². The first-order valence-electron chi connectivity index (χ1n) is 3.38. The number of alkyl halides is 2. The maximum absolute atomic E-state index is 12.2. The highest BCUT2D eigenvalue weighted by atomic mass is 19.3. The molecule has 0 aliphatic heterocycles. The summed E-state index contributed by atoms with van der Waals surface area (Å²) in [5, 5.41) is 17.4. The maximum atomic E-state index is 12.2. The van der Waals surface area contributed by atoms with Gasteiger partial charge in [0.15, 0.2) is 6.29 Å². The Labute approximate surface area is 74.2 Å². The van der Waals surface area contributed by atoms with Crippen LogP contribution in [0.4, 0.5) is 8.78 Å². The van der Waals surface area contributed by atoms with E-state index in [0.717, 1.165) is 13.3 Å². The van der Waals surface area contributed by atoms with E-state index >= 15 is 0 Å². The Morgan fingerprint density at radius 1 is 1.46 bits per heavy atom. The van der Waals surface area contributed by atoms with Gasteiger partial charge in [-0.25, -0.2) is 8.78 Å². The van der Waals surface area contributed by atoms with Crippen molar-refractivity contribution in [3.8, 4) is 0 Å². The predicted molar refractivity (Wildman–Crippen MR) is 42.7 cm³/mol. The Morgan fingerprint density at radius 2 is 2.00 bits per heavy atom. The molecule has 0 atom stereocenters. The quantitative estimate of drug-likeness (QED) is 0.381. The molecule has 0 aromatic rings. The number of methoxy groups -OCH3 is 1. The van der Waals surface area contributed by atoms with Crippen molar-refractivity contribution in [1.82, 2.24) is 0 Å². The van der Waals surface area contributed by atoms with Crippen molar-refractivity contribution in [2.75, 3.05) is 14.2 Å². The van der Waals surface area contributed by atoms with Crippen LogP contribution in [0.2, 0.25) is 0 Å².